The van der Waals surface area contributed by atoms with Crippen molar-refractivity contribution in [1.82, 2.24) is 0 Å². The van der Waals surface area contributed by atoms with Crippen LogP contribution in [0.25, 0.3) is 6.08 Å². The van der Waals surface area contributed by atoms with Crippen LogP contribution in [-0.4, -0.2) is 29.8 Å². The molecule has 0 aliphatic carbocycles. The van der Waals surface area contributed by atoms with Crippen molar-refractivity contribution >= 4 is 29.1 Å². The Morgan fingerprint density at radius 1 is 0.906 bits per heavy atom. The predicted molar refractivity (Wildman–Crippen MR) is 118 cm³/mol. The van der Waals surface area contributed by atoms with E-state index in [1.807, 2.05) is 0 Å². The number of nitrogens with zero attached hydrogens (tertiary/aromatic N) is 1. The Morgan fingerprint density at radius 2 is 1.59 bits per heavy atom. The third kappa shape index (κ3) is 4.65. The summed E-state index contributed by atoms with van der Waals surface area (Å²) in [7, 11) is 0. The molecule has 0 atom stereocenters. The summed E-state index contributed by atoms with van der Waals surface area (Å²) in [6.07, 6.45) is 1.41. The number of nitro benzene ring substituents is 1. The van der Waals surface area contributed by atoms with Crippen LogP contribution in [0.15, 0.2) is 78.4 Å². The summed E-state index contributed by atoms with van der Waals surface area (Å²) >= 11 is 0. The van der Waals surface area contributed by atoms with E-state index in [9.17, 15) is 19.7 Å². The quantitative estimate of drug-likeness (QED) is 0.156. The second-order valence-corrected chi connectivity index (χ2v) is 6.91. The van der Waals surface area contributed by atoms with Crippen LogP contribution in [0.5, 0.6) is 11.5 Å². The van der Waals surface area contributed by atoms with Crippen LogP contribution in [0.2, 0.25) is 0 Å². The van der Waals surface area contributed by atoms with Gasteiger partial charge < -0.3 is 14.8 Å². The number of Topliss-reactive ketones (excluding diaryl/α,β-unsaturated/α-hetero) is 1. The number of ketones is 1. The third-order valence-electron chi connectivity index (χ3n) is 4.74. The lowest BCUT2D eigenvalue weighted by molar-refractivity contribution is -0.384. The minimum atomic E-state index is -0.617. The Hall–Kier alpha value is -4.46. The molecule has 1 amide bonds. The van der Waals surface area contributed by atoms with Crippen molar-refractivity contribution in [3.8, 4) is 11.5 Å². The zero-order valence-corrected chi connectivity index (χ0v) is 16.8. The normalized spacial score (nSPS) is 12.7. The van der Waals surface area contributed by atoms with Crippen molar-refractivity contribution in [2.75, 3.05) is 18.5 Å². The first kappa shape index (κ1) is 20.8. The average molecular weight is 430 g/mol. The van der Waals surface area contributed by atoms with Gasteiger partial charge in [-0.25, -0.2) is 0 Å². The van der Waals surface area contributed by atoms with Gasteiger partial charge in [0.05, 0.1) is 10.5 Å². The lowest BCUT2D eigenvalue weighted by Crippen LogP contribution is -2.21. The highest BCUT2D eigenvalue weighted by Gasteiger charge is 2.21. The first-order valence-corrected chi connectivity index (χ1v) is 9.78. The van der Waals surface area contributed by atoms with Gasteiger partial charge in [-0.2, -0.15) is 0 Å². The first-order chi connectivity index (χ1) is 15.5. The molecule has 1 N–H and O–H groups in total. The predicted octanol–water partition coefficient (Wildman–Crippen LogP) is 4.27. The molecule has 32 heavy (non-hydrogen) atoms. The molecule has 0 saturated heterocycles. The monoisotopic (exact) mass is 430 g/mol. The molecule has 3 aromatic carbocycles. The second-order valence-electron chi connectivity index (χ2n) is 6.91. The second kappa shape index (κ2) is 9.13. The molecule has 1 aliphatic heterocycles. The molecule has 0 spiro atoms. The minimum Gasteiger partial charge on any atom is -0.486 e. The van der Waals surface area contributed by atoms with E-state index >= 15 is 0 Å². The molecule has 0 aromatic heterocycles. The molecule has 160 valence electrons. The Bertz CT molecular complexity index is 1200. The van der Waals surface area contributed by atoms with Crippen LogP contribution < -0.4 is 14.8 Å². The summed E-state index contributed by atoms with van der Waals surface area (Å²) < 4.78 is 11.0. The Labute approximate surface area is 183 Å². The smallest absolute Gasteiger partial charge is 0.269 e. The molecular formula is C24H18N2O6. The number of nitrogens with one attached hydrogen (secondary N) is 1. The van der Waals surface area contributed by atoms with E-state index in [4.69, 9.17) is 9.47 Å². The van der Waals surface area contributed by atoms with Gasteiger partial charge in [0.25, 0.3) is 11.6 Å². The van der Waals surface area contributed by atoms with E-state index in [-0.39, 0.29) is 11.3 Å². The van der Waals surface area contributed by atoms with Gasteiger partial charge in [-0.3, -0.25) is 19.7 Å². The van der Waals surface area contributed by atoms with Gasteiger partial charge in [0.2, 0.25) is 0 Å². The van der Waals surface area contributed by atoms with E-state index in [0.29, 0.717) is 41.5 Å². The van der Waals surface area contributed by atoms with Crippen molar-refractivity contribution in [2.45, 2.75) is 0 Å². The third-order valence-corrected chi connectivity index (χ3v) is 4.74. The SMILES string of the molecule is O=C(Nc1ccc2c(c1)OCCO2)/C(=C/c1ccc([N+](=O)[O-])cc1)C(=O)c1ccccc1. The number of amides is 1. The van der Waals surface area contributed by atoms with E-state index in [1.54, 1.807) is 48.5 Å². The number of hydrogen-bond donors (Lipinski definition) is 1. The maximum Gasteiger partial charge on any atom is 0.269 e. The van der Waals surface area contributed by atoms with Gasteiger partial charge in [0, 0.05) is 29.4 Å². The minimum absolute atomic E-state index is 0.0844. The number of carbonyl (C=O) groups excluding carboxylic acids is 2. The summed E-state index contributed by atoms with van der Waals surface area (Å²) in [5.74, 6) is -0.00605. The molecule has 8 heteroatoms. The number of rotatable bonds is 6. The number of nitro groups is 1. The first-order valence-electron chi connectivity index (χ1n) is 9.78. The number of non-ortho nitro benzene ring substituents is 1. The summed E-state index contributed by atoms with van der Waals surface area (Å²) in [6, 6.07) is 19.0. The molecule has 8 nitrogen and oxygen atoms in total. The highest BCUT2D eigenvalue weighted by atomic mass is 16.6. The fourth-order valence-electron chi connectivity index (χ4n) is 3.16. The fraction of sp³-hybridized carbons (Fsp3) is 0.0833. The molecule has 0 fully saturated rings. The molecule has 0 unspecified atom stereocenters. The maximum absolute atomic E-state index is 13.1. The van der Waals surface area contributed by atoms with E-state index in [1.165, 1.54) is 30.3 Å². The molecule has 0 radical (unpaired) electrons. The van der Waals surface area contributed by atoms with Crippen LogP contribution in [0.3, 0.4) is 0 Å². The van der Waals surface area contributed by atoms with Crippen molar-refractivity contribution in [1.29, 1.82) is 0 Å². The van der Waals surface area contributed by atoms with Crippen LogP contribution in [-0.2, 0) is 4.79 Å². The van der Waals surface area contributed by atoms with Crippen molar-refractivity contribution < 1.29 is 24.0 Å². The molecule has 4 rings (SSSR count). The van der Waals surface area contributed by atoms with Crippen LogP contribution in [0.1, 0.15) is 15.9 Å². The van der Waals surface area contributed by atoms with Gasteiger partial charge in [0.1, 0.15) is 13.2 Å². The van der Waals surface area contributed by atoms with Gasteiger partial charge in [-0.05, 0) is 35.9 Å². The van der Waals surface area contributed by atoms with E-state index < -0.39 is 16.6 Å². The lowest BCUT2D eigenvalue weighted by atomic mass is 10.00. The standard InChI is InChI=1S/C24H18N2O6/c27-23(17-4-2-1-3-5-17)20(14-16-6-9-19(10-7-16)26(29)30)24(28)25-18-8-11-21-22(15-18)32-13-12-31-21/h1-11,14-15H,12-13H2,(H,25,28)/b20-14+. The Morgan fingerprint density at radius 3 is 2.28 bits per heavy atom. The summed E-state index contributed by atoms with van der Waals surface area (Å²) in [4.78, 5) is 36.6. The molecule has 0 saturated carbocycles. The van der Waals surface area contributed by atoms with Gasteiger partial charge in [-0.15, -0.1) is 0 Å². The van der Waals surface area contributed by atoms with Gasteiger partial charge in [0.15, 0.2) is 17.3 Å². The lowest BCUT2D eigenvalue weighted by Gasteiger charge is -2.19. The number of hydrogen-bond acceptors (Lipinski definition) is 6. The van der Waals surface area contributed by atoms with Crippen LogP contribution >= 0.6 is 0 Å². The molecular weight excluding hydrogens is 412 g/mol. The van der Waals surface area contributed by atoms with Gasteiger partial charge >= 0.3 is 0 Å². The number of carbonyl (C=O) groups is 2. The molecule has 1 heterocycles. The summed E-state index contributed by atoms with van der Waals surface area (Å²) in [5, 5.41) is 13.6. The average Bonchev–Trinajstić information content (AvgIpc) is 2.83. The molecule has 1 aliphatic rings. The maximum atomic E-state index is 13.1. The van der Waals surface area contributed by atoms with Crippen molar-refractivity contribution in [3.05, 3.63) is 99.6 Å². The fourth-order valence-corrected chi connectivity index (χ4v) is 3.16. The largest absolute Gasteiger partial charge is 0.486 e. The number of ether oxygens (including phenoxy) is 2. The summed E-state index contributed by atoms with van der Waals surface area (Å²) in [6.45, 7) is 0.856. The number of fused-ring (bicyclic) bond motifs is 1. The number of anilines is 1. The van der Waals surface area contributed by atoms with Crippen molar-refractivity contribution in [2.24, 2.45) is 0 Å². The van der Waals surface area contributed by atoms with E-state index in [0.717, 1.165) is 0 Å². The highest BCUT2D eigenvalue weighted by Crippen LogP contribution is 2.32. The zero-order chi connectivity index (χ0) is 22.5. The van der Waals surface area contributed by atoms with Gasteiger partial charge in [-0.1, -0.05) is 30.3 Å². The topological polar surface area (TPSA) is 108 Å². The Balaban J connectivity index is 1.66. The van der Waals surface area contributed by atoms with Crippen LogP contribution in [0.4, 0.5) is 11.4 Å². The molecule has 0 bridgehead atoms. The summed E-state index contributed by atoms with van der Waals surface area (Å²) in [5.41, 5.74) is 1.07. The van der Waals surface area contributed by atoms with E-state index in [2.05, 4.69) is 5.32 Å². The molecule has 3 aromatic rings. The van der Waals surface area contributed by atoms with Crippen molar-refractivity contribution in [3.63, 3.8) is 0 Å². The zero-order valence-electron chi connectivity index (χ0n) is 16.8. The number of benzene rings is 3. The Kier molecular flexibility index (Phi) is 5.94. The van der Waals surface area contributed by atoms with Crippen LogP contribution in [0, 0.1) is 10.1 Å². The highest BCUT2D eigenvalue weighted by molar-refractivity contribution is 6.31.